The van der Waals surface area contributed by atoms with Crippen molar-refractivity contribution in [2.45, 2.75) is 4.90 Å². The Hall–Kier alpha value is -2.39. The lowest BCUT2D eigenvalue weighted by Gasteiger charge is -2.10. The molecule has 0 radical (unpaired) electrons. The van der Waals surface area contributed by atoms with Crippen molar-refractivity contribution >= 4 is 21.9 Å². The van der Waals surface area contributed by atoms with Crippen LogP contribution in [-0.4, -0.2) is 38.6 Å². The van der Waals surface area contributed by atoms with E-state index in [0.29, 0.717) is 0 Å². The fraction of sp³-hybridized carbons (Fsp3) is 0.167. The number of benzene rings is 1. The molecule has 0 aliphatic carbocycles. The van der Waals surface area contributed by atoms with Crippen molar-refractivity contribution in [3.63, 3.8) is 0 Å². The van der Waals surface area contributed by atoms with Crippen LogP contribution in [-0.2, 0) is 14.8 Å². The summed E-state index contributed by atoms with van der Waals surface area (Å²) in [5.41, 5.74) is -0.262. The van der Waals surface area contributed by atoms with E-state index in [0.717, 1.165) is 18.2 Å². The zero-order chi connectivity index (χ0) is 16.0. The number of sulfonamides is 1. The lowest BCUT2D eigenvalue weighted by Crippen LogP contribution is -2.29. The van der Waals surface area contributed by atoms with Gasteiger partial charge in [0.05, 0.1) is 5.56 Å². The highest BCUT2D eigenvalue weighted by molar-refractivity contribution is 7.89. The van der Waals surface area contributed by atoms with E-state index in [9.17, 15) is 18.0 Å². The third-order valence-corrected chi connectivity index (χ3v) is 3.23. The molecule has 0 saturated carbocycles. The number of carboxylic acids is 1. The van der Waals surface area contributed by atoms with Crippen LogP contribution in [0.2, 0.25) is 0 Å². The Morgan fingerprint density at radius 2 is 2.10 bits per heavy atom. The molecule has 21 heavy (non-hydrogen) atoms. The van der Waals surface area contributed by atoms with E-state index in [4.69, 9.17) is 15.0 Å². The Kier molecular flexibility index (Phi) is 5.44. The highest BCUT2D eigenvalue weighted by atomic mass is 32.2. The maximum absolute atomic E-state index is 11.4. The summed E-state index contributed by atoms with van der Waals surface area (Å²) in [6.45, 7) is 3.21. The standard InChI is InChI=1S/C12H14N2O6S/c1-2-5-14-11(15)7-20-9-4-3-8(12(16)17)6-10(9)21(13,18)19/h2-4,6H,1,5,7H2,(H,14,15)(H,16,17)(H2,13,18,19). The minimum atomic E-state index is -4.19. The maximum atomic E-state index is 11.4. The topological polar surface area (TPSA) is 136 Å². The monoisotopic (exact) mass is 314 g/mol. The molecule has 0 aliphatic heterocycles. The van der Waals surface area contributed by atoms with Crippen LogP contribution in [0.3, 0.4) is 0 Å². The molecule has 0 spiro atoms. The van der Waals surface area contributed by atoms with Gasteiger partial charge in [-0.05, 0) is 18.2 Å². The number of carboxylic acid groups (broad SMARTS) is 1. The second-order valence-electron chi connectivity index (χ2n) is 3.89. The Morgan fingerprint density at radius 1 is 1.43 bits per heavy atom. The van der Waals surface area contributed by atoms with Gasteiger partial charge in [-0.25, -0.2) is 18.4 Å². The first-order chi connectivity index (χ1) is 9.75. The third-order valence-electron chi connectivity index (χ3n) is 2.30. The number of amides is 1. The number of aromatic carboxylic acids is 1. The van der Waals surface area contributed by atoms with E-state index in [2.05, 4.69) is 11.9 Å². The van der Waals surface area contributed by atoms with Crippen molar-refractivity contribution in [1.29, 1.82) is 0 Å². The SMILES string of the molecule is C=CCNC(=O)COc1ccc(C(=O)O)cc1S(N)(=O)=O. The predicted molar refractivity (Wildman–Crippen MR) is 73.5 cm³/mol. The van der Waals surface area contributed by atoms with Gasteiger partial charge in [0.2, 0.25) is 10.0 Å². The maximum Gasteiger partial charge on any atom is 0.335 e. The molecule has 0 aromatic heterocycles. The van der Waals surface area contributed by atoms with Gasteiger partial charge in [-0.15, -0.1) is 6.58 Å². The number of carbonyl (C=O) groups is 2. The molecular formula is C12H14N2O6S. The van der Waals surface area contributed by atoms with Gasteiger partial charge in [-0.1, -0.05) is 6.08 Å². The van der Waals surface area contributed by atoms with Crippen LogP contribution in [0.15, 0.2) is 35.7 Å². The summed E-state index contributed by atoms with van der Waals surface area (Å²) in [5.74, 6) is -2.00. The van der Waals surface area contributed by atoms with Crippen molar-refractivity contribution in [2.75, 3.05) is 13.2 Å². The van der Waals surface area contributed by atoms with Crippen molar-refractivity contribution in [1.82, 2.24) is 5.32 Å². The fourth-order valence-corrected chi connectivity index (χ4v) is 2.06. The van der Waals surface area contributed by atoms with Crippen LogP contribution in [0, 0.1) is 0 Å². The van der Waals surface area contributed by atoms with Crippen LogP contribution < -0.4 is 15.2 Å². The Bertz CT molecular complexity index is 668. The van der Waals surface area contributed by atoms with Crippen LogP contribution >= 0.6 is 0 Å². The van der Waals surface area contributed by atoms with Crippen LogP contribution in [0.1, 0.15) is 10.4 Å². The minimum absolute atomic E-state index is 0.198. The molecule has 0 atom stereocenters. The molecule has 1 amide bonds. The number of rotatable bonds is 7. The highest BCUT2D eigenvalue weighted by Gasteiger charge is 2.19. The number of hydrogen-bond acceptors (Lipinski definition) is 5. The molecule has 1 rings (SSSR count). The lowest BCUT2D eigenvalue weighted by atomic mass is 10.2. The number of hydrogen-bond donors (Lipinski definition) is 3. The molecule has 8 nitrogen and oxygen atoms in total. The summed E-state index contributed by atoms with van der Waals surface area (Å²) in [6, 6.07) is 3.15. The van der Waals surface area contributed by atoms with Gasteiger partial charge < -0.3 is 15.2 Å². The van der Waals surface area contributed by atoms with Crippen molar-refractivity contribution in [3.8, 4) is 5.75 Å². The first-order valence-electron chi connectivity index (χ1n) is 5.66. The molecule has 0 saturated heterocycles. The largest absolute Gasteiger partial charge is 0.482 e. The van der Waals surface area contributed by atoms with Gasteiger partial charge in [-0.3, -0.25) is 4.79 Å². The molecule has 1 aromatic rings. The van der Waals surface area contributed by atoms with Gasteiger partial charge >= 0.3 is 5.97 Å². The van der Waals surface area contributed by atoms with Gasteiger partial charge in [0, 0.05) is 6.54 Å². The van der Waals surface area contributed by atoms with Gasteiger partial charge in [-0.2, -0.15) is 0 Å². The average molecular weight is 314 g/mol. The first kappa shape index (κ1) is 16.7. The van der Waals surface area contributed by atoms with E-state index in [1.165, 1.54) is 6.08 Å². The summed E-state index contributed by atoms with van der Waals surface area (Å²) >= 11 is 0. The first-order valence-corrected chi connectivity index (χ1v) is 7.21. The molecule has 0 fully saturated rings. The smallest absolute Gasteiger partial charge is 0.335 e. The summed E-state index contributed by atoms with van der Waals surface area (Å²) in [7, 11) is -4.19. The molecule has 4 N–H and O–H groups in total. The van der Waals surface area contributed by atoms with Gasteiger partial charge in [0.1, 0.15) is 10.6 Å². The summed E-state index contributed by atoms with van der Waals surface area (Å²) in [4.78, 5) is 21.7. The Labute approximate surface area is 121 Å². The molecule has 114 valence electrons. The molecule has 1 aromatic carbocycles. The Balaban J connectivity index is 2.99. The number of primary sulfonamides is 1. The van der Waals surface area contributed by atoms with E-state index in [1.54, 1.807) is 0 Å². The fourth-order valence-electron chi connectivity index (χ4n) is 1.36. The second kappa shape index (κ2) is 6.86. The molecule has 0 aliphatic rings. The lowest BCUT2D eigenvalue weighted by molar-refractivity contribution is -0.122. The normalized spacial score (nSPS) is 10.7. The molecule has 0 heterocycles. The highest BCUT2D eigenvalue weighted by Crippen LogP contribution is 2.24. The van der Waals surface area contributed by atoms with Crippen molar-refractivity contribution in [2.24, 2.45) is 5.14 Å². The number of carbonyl (C=O) groups excluding carboxylic acids is 1. The van der Waals surface area contributed by atoms with E-state index in [1.807, 2.05) is 0 Å². The van der Waals surface area contributed by atoms with E-state index in [-0.39, 0.29) is 17.9 Å². The molecule has 0 bridgehead atoms. The van der Waals surface area contributed by atoms with Crippen LogP contribution in [0.25, 0.3) is 0 Å². The minimum Gasteiger partial charge on any atom is -0.482 e. The van der Waals surface area contributed by atoms with Crippen molar-refractivity contribution in [3.05, 3.63) is 36.4 Å². The van der Waals surface area contributed by atoms with E-state index >= 15 is 0 Å². The average Bonchev–Trinajstić information content (AvgIpc) is 2.41. The Morgan fingerprint density at radius 3 is 2.62 bits per heavy atom. The van der Waals surface area contributed by atoms with Crippen molar-refractivity contribution < 1.29 is 27.9 Å². The summed E-state index contributed by atoms with van der Waals surface area (Å²) < 4.78 is 27.9. The van der Waals surface area contributed by atoms with Gasteiger partial charge in [0.25, 0.3) is 5.91 Å². The van der Waals surface area contributed by atoms with Crippen LogP contribution in [0.5, 0.6) is 5.75 Å². The number of ether oxygens (including phenoxy) is 1. The second-order valence-corrected chi connectivity index (χ2v) is 5.42. The van der Waals surface area contributed by atoms with Gasteiger partial charge in [0.15, 0.2) is 6.61 Å². The molecule has 0 unspecified atom stereocenters. The zero-order valence-electron chi connectivity index (χ0n) is 10.9. The third kappa shape index (κ3) is 4.89. The zero-order valence-corrected chi connectivity index (χ0v) is 11.7. The summed E-state index contributed by atoms with van der Waals surface area (Å²) in [5, 5.41) is 16.3. The molecular weight excluding hydrogens is 300 g/mol. The quantitative estimate of drug-likeness (QED) is 0.592. The number of nitrogens with one attached hydrogen (secondary N) is 1. The predicted octanol–water partition coefficient (Wildman–Crippen LogP) is -0.287. The van der Waals surface area contributed by atoms with Crippen LogP contribution in [0.4, 0.5) is 0 Å². The molecule has 9 heteroatoms. The van der Waals surface area contributed by atoms with E-state index < -0.39 is 33.4 Å². The summed E-state index contributed by atoms with van der Waals surface area (Å²) in [6.07, 6.45) is 1.47. The number of nitrogens with two attached hydrogens (primary N) is 1.